The largest absolute Gasteiger partial charge is 0.481 e. The molecule has 0 bridgehead atoms. The van der Waals surface area contributed by atoms with E-state index in [1.54, 1.807) is 0 Å². The molecule has 0 aliphatic heterocycles. The van der Waals surface area contributed by atoms with Crippen LogP contribution < -0.4 is 0 Å². The minimum absolute atomic E-state index is 0.0421. The molecule has 1 N–H and O–H groups in total. The summed E-state index contributed by atoms with van der Waals surface area (Å²) in [6, 6.07) is 0. The summed E-state index contributed by atoms with van der Waals surface area (Å²) in [6.07, 6.45) is 4.76. The van der Waals surface area contributed by atoms with E-state index < -0.39 is 5.97 Å². The fourth-order valence-electron chi connectivity index (χ4n) is 1.89. The lowest BCUT2D eigenvalue weighted by atomic mass is 10.1. The lowest BCUT2D eigenvalue weighted by Crippen LogP contribution is -2.08. The SMILES string of the molecule is O=C(O)CCn1nnc(C2CCCC2)n1. The Morgan fingerprint density at radius 2 is 2.20 bits per heavy atom. The smallest absolute Gasteiger partial charge is 0.305 e. The first kappa shape index (κ1) is 10.1. The van der Waals surface area contributed by atoms with Gasteiger partial charge in [-0.1, -0.05) is 12.8 Å². The monoisotopic (exact) mass is 210 g/mol. The van der Waals surface area contributed by atoms with Crippen molar-refractivity contribution < 1.29 is 9.90 Å². The first-order chi connectivity index (χ1) is 7.25. The predicted molar refractivity (Wildman–Crippen MR) is 51.3 cm³/mol. The molecule has 1 aliphatic carbocycles. The maximum Gasteiger partial charge on any atom is 0.305 e. The third-order valence-corrected chi connectivity index (χ3v) is 2.71. The third-order valence-electron chi connectivity index (χ3n) is 2.71. The number of aryl methyl sites for hydroxylation is 1. The summed E-state index contributed by atoms with van der Waals surface area (Å²) in [5, 5.41) is 20.5. The second-order valence-corrected chi connectivity index (χ2v) is 3.87. The van der Waals surface area contributed by atoms with Crippen molar-refractivity contribution in [3.8, 4) is 0 Å². The molecule has 6 nitrogen and oxygen atoms in total. The molecule has 1 saturated carbocycles. The summed E-state index contributed by atoms with van der Waals surface area (Å²) in [5.74, 6) is 0.371. The van der Waals surface area contributed by atoms with Gasteiger partial charge in [-0.25, -0.2) is 0 Å². The highest BCUT2D eigenvalue weighted by Crippen LogP contribution is 2.31. The molecule has 2 rings (SSSR count). The van der Waals surface area contributed by atoms with E-state index in [1.807, 2.05) is 0 Å². The van der Waals surface area contributed by atoms with Gasteiger partial charge in [0.1, 0.15) is 0 Å². The number of carbonyl (C=O) groups is 1. The Hall–Kier alpha value is -1.46. The van der Waals surface area contributed by atoms with E-state index in [0.717, 1.165) is 18.7 Å². The van der Waals surface area contributed by atoms with Crippen molar-refractivity contribution in [1.82, 2.24) is 20.2 Å². The lowest BCUT2D eigenvalue weighted by Gasteiger charge is -2.00. The molecule has 6 heteroatoms. The minimum atomic E-state index is -0.838. The third kappa shape index (κ3) is 2.51. The van der Waals surface area contributed by atoms with Gasteiger partial charge in [-0.2, -0.15) is 4.80 Å². The maximum atomic E-state index is 10.3. The average molecular weight is 210 g/mol. The summed E-state index contributed by atoms with van der Waals surface area (Å²) in [5.41, 5.74) is 0. The standard InChI is InChI=1S/C9H14N4O2/c14-8(15)5-6-13-11-9(10-12-13)7-3-1-2-4-7/h7H,1-6H2,(H,14,15). The van der Waals surface area contributed by atoms with Crippen molar-refractivity contribution in [1.29, 1.82) is 0 Å². The number of hydrogen-bond acceptors (Lipinski definition) is 4. The highest BCUT2D eigenvalue weighted by Gasteiger charge is 2.21. The first-order valence-electron chi connectivity index (χ1n) is 5.25. The van der Waals surface area contributed by atoms with Crippen LogP contribution in [0, 0.1) is 0 Å². The summed E-state index contributed by atoms with van der Waals surface area (Å²) in [4.78, 5) is 11.7. The molecule has 1 fully saturated rings. The molecule has 82 valence electrons. The normalized spacial score (nSPS) is 17.1. The van der Waals surface area contributed by atoms with Crippen LogP contribution in [-0.4, -0.2) is 31.3 Å². The van der Waals surface area contributed by atoms with Gasteiger partial charge in [0.25, 0.3) is 0 Å². The van der Waals surface area contributed by atoms with E-state index >= 15 is 0 Å². The number of tetrazole rings is 1. The van der Waals surface area contributed by atoms with Gasteiger partial charge in [-0.3, -0.25) is 4.79 Å². The summed E-state index contributed by atoms with van der Waals surface area (Å²) < 4.78 is 0. The molecule has 15 heavy (non-hydrogen) atoms. The van der Waals surface area contributed by atoms with Crippen molar-refractivity contribution in [2.24, 2.45) is 0 Å². The Kier molecular flexibility index (Phi) is 2.94. The van der Waals surface area contributed by atoms with E-state index in [1.165, 1.54) is 17.6 Å². The van der Waals surface area contributed by atoms with E-state index in [9.17, 15) is 4.79 Å². The van der Waals surface area contributed by atoms with E-state index in [-0.39, 0.29) is 6.42 Å². The molecule has 0 atom stereocenters. The number of carboxylic acids is 1. The Morgan fingerprint density at radius 3 is 2.87 bits per heavy atom. The second kappa shape index (κ2) is 4.37. The molecular weight excluding hydrogens is 196 g/mol. The van der Waals surface area contributed by atoms with Crippen LogP contribution in [0.25, 0.3) is 0 Å². The number of rotatable bonds is 4. The zero-order valence-electron chi connectivity index (χ0n) is 8.46. The Balaban J connectivity index is 1.94. The highest BCUT2D eigenvalue weighted by atomic mass is 16.4. The van der Waals surface area contributed by atoms with Crippen LogP contribution in [0.5, 0.6) is 0 Å². The van der Waals surface area contributed by atoms with Gasteiger partial charge in [0.15, 0.2) is 5.82 Å². The van der Waals surface area contributed by atoms with Gasteiger partial charge < -0.3 is 5.11 Å². The van der Waals surface area contributed by atoms with Gasteiger partial charge in [0.05, 0.1) is 13.0 Å². The van der Waals surface area contributed by atoms with Gasteiger partial charge in [-0.15, -0.1) is 10.2 Å². The molecule has 1 aliphatic rings. The van der Waals surface area contributed by atoms with E-state index in [2.05, 4.69) is 15.4 Å². The van der Waals surface area contributed by atoms with Crippen molar-refractivity contribution in [3.63, 3.8) is 0 Å². The van der Waals surface area contributed by atoms with Crippen molar-refractivity contribution in [3.05, 3.63) is 5.82 Å². The van der Waals surface area contributed by atoms with Crippen LogP contribution in [0.15, 0.2) is 0 Å². The number of aliphatic carboxylic acids is 1. The van der Waals surface area contributed by atoms with Gasteiger partial charge in [-0.05, 0) is 18.1 Å². The predicted octanol–water partition coefficient (Wildman–Crippen LogP) is 0.805. The van der Waals surface area contributed by atoms with Crippen LogP contribution >= 0.6 is 0 Å². The Morgan fingerprint density at radius 1 is 1.47 bits per heavy atom. The summed E-state index contributed by atoms with van der Waals surface area (Å²) in [6.45, 7) is 0.301. The number of hydrogen-bond donors (Lipinski definition) is 1. The van der Waals surface area contributed by atoms with E-state index in [0.29, 0.717) is 12.5 Å². The van der Waals surface area contributed by atoms with Crippen molar-refractivity contribution >= 4 is 5.97 Å². The molecule has 0 unspecified atom stereocenters. The van der Waals surface area contributed by atoms with Crippen molar-refractivity contribution in [2.75, 3.05) is 0 Å². The highest BCUT2D eigenvalue weighted by molar-refractivity contribution is 5.66. The topological polar surface area (TPSA) is 80.9 Å². The summed E-state index contributed by atoms with van der Waals surface area (Å²) >= 11 is 0. The number of aromatic nitrogens is 4. The molecule has 0 amide bonds. The quantitative estimate of drug-likeness (QED) is 0.795. The number of carboxylic acid groups (broad SMARTS) is 1. The number of nitrogens with zero attached hydrogens (tertiary/aromatic N) is 4. The lowest BCUT2D eigenvalue weighted by molar-refractivity contribution is -0.137. The molecule has 0 aromatic carbocycles. The van der Waals surface area contributed by atoms with E-state index in [4.69, 9.17) is 5.11 Å². The zero-order valence-corrected chi connectivity index (χ0v) is 8.46. The van der Waals surface area contributed by atoms with Crippen LogP contribution in [0.3, 0.4) is 0 Å². The van der Waals surface area contributed by atoms with Gasteiger partial charge in [0, 0.05) is 5.92 Å². The molecule has 0 saturated heterocycles. The van der Waals surface area contributed by atoms with Gasteiger partial charge >= 0.3 is 5.97 Å². The fourth-order valence-corrected chi connectivity index (χ4v) is 1.89. The van der Waals surface area contributed by atoms with Gasteiger partial charge in [0.2, 0.25) is 0 Å². The first-order valence-corrected chi connectivity index (χ1v) is 5.25. The van der Waals surface area contributed by atoms with Crippen LogP contribution in [0.1, 0.15) is 43.8 Å². The molecule has 0 spiro atoms. The molecule has 1 aromatic rings. The molecular formula is C9H14N4O2. The van der Waals surface area contributed by atoms with Crippen molar-refractivity contribution in [2.45, 2.75) is 44.6 Å². The molecule has 0 radical (unpaired) electrons. The average Bonchev–Trinajstić information content (AvgIpc) is 2.85. The zero-order chi connectivity index (χ0) is 10.7. The maximum absolute atomic E-state index is 10.3. The fraction of sp³-hybridized carbons (Fsp3) is 0.778. The second-order valence-electron chi connectivity index (χ2n) is 3.87. The van der Waals surface area contributed by atoms with Crippen LogP contribution in [0.2, 0.25) is 0 Å². The summed E-state index contributed by atoms with van der Waals surface area (Å²) in [7, 11) is 0. The Bertz CT molecular complexity index is 344. The molecule has 1 heterocycles. The minimum Gasteiger partial charge on any atom is -0.481 e. The molecule has 1 aromatic heterocycles. The van der Waals surface area contributed by atoms with Crippen LogP contribution in [-0.2, 0) is 11.3 Å². The van der Waals surface area contributed by atoms with Crippen LogP contribution in [0.4, 0.5) is 0 Å². The Labute approximate surface area is 87.3 Å².